The number of carbonyl (C=O) groups excluding carboxylic acids is 2. The van der Waals surface area contributed by atoms with Gasteiger partial charge in [-0.25, -0.2) is 4.79 Å². The van der Waals surface area contributed by atoms with Crippen molar-refractivity contribution >= 4 is 23.7 Å². The molecule has 1 aromatic carbocycles. The Labute approximate surface area is 147 Å². The predicted octanol–water partition coefficient (Wildman–Crippen LogP) is 3.78. The van der Waals surface area contributed by atoms with Crippen molar-refractivity contribution in [1.29, 1.82) is 0 Å². The average Bonchev–Trinajstić information content (AvgIpc) is 2.52. The summed E-state index contributed by atoms with van der Waals surface area (Å²) in [5.41, 5.74) is -0.496. The van der Waals surface area contributed by atoms with E-state index in [9.17, 15) is 9.59 Å². The highest BCUT2D eigenvalue weighted by atomic mass is 35.5. The van der Waals surface area contributed by atoms with Gasteiger partial charge in [-0.05, 0) is 51.3 Å². The van der Waals surface area contributed by atoms with E-state index in [2.05, 4.69) is 0 Å². The number of methoxy groups -OCH3 is 1. The zero-order valence-electron chi connectivity index (χ0n) is 14.6. The fourth-order valence-corrected chi connectivity index (χ4v) is 3.18. The Bertz CT molecular complexity index is 616. The number of piperidine rings is 1. The van der Waals surface area contributed by atoms with Gasteiger partial charge in [0, 0.05) is 18.1 Å². The largest absolute Gasteiger partial charge is 0.468 e. The molecular weight excluding hydrogens is 330 g/mol. The van der Waals surface area contributed by atoms with Crippen LogP contribution in [0.1, 0.15) is 39.2 Å². The van der Waals surface area contributed by atoms with E-state index in [0.717, 1.165) is 5.56 Å². The Morgan fingerprint density at radius 1 is 1.21 bits per heavy atom. The van der Waals surface area contributed by atoms with E-state index >= 15 is 0 Å². The van der Waals surface area contributed by atoms with Gasteiger partial charge in [-0.2, -0.15) is 0 Å². The SMILES string of the molecule is COC(=O)C1(c2cccc(Cl)c2)CCN(C(=O)OC(C)(C)C)CC1. The smallest absolute Gasteiger partial charge is 0.410 e. The van der Waals surface area contributed by atoms with Gasteiger partial charge in [0.1, 0.15) is 5.60 Å². The topological polar surface area (TPSA) is 55.8 Å². The lowest BCUT2D eigenvalue weighted by Crippen LogP contribution is -2.50. The highest BCUT2D eigenvalue weighted by Gasteiger charge is 2.45. The predicted molar refractivity (Wildman–Crippen MR) is 92.2 cm³/mol. The highest BCUT2D eigenvalue weighted by Crippen LogP contribution is 2.38. The van der Waals surface area contributed by atoms with Crippen molar-refractivity contribution in [2.45, 2.75) is 44.6 Å². The maximum Gasteiger partial charge on any atom is 0.410 e. The number of halogens is 1. The van der Waals surface area contributed by atoms with Crippen molar-refractivity contribution in [3.8, 4) is 0 Å². The van der Waals surface area contributed by atoms with Gasteiger partial charge in [0.25, 0.3) is 0 Å². The van der Waals surface area contributed by atoms with Crippen molar-refractivity contribution in [2.75, 3.05) is 20.2 Å². The number of nitrogens with zero attached hydrogens (tertiary/aromatic N) is 1. The fourth-order valence-electron chi connectivity index (χ4n) is 2.99. The summed E-state index contributed by atoms with van der Waals surface area (Å²) in [5, 5.41) is 0.574. The molecule has 1 heterocycles. The quantitative estimate of drug-likeness (QED) is 0.759. The fraction of sp³-hybridized carbons (Fsp3) is 0.556. The van der Waals surface area contributed by atoms with Crippen LogP contribution >= 0.6 is 11.6 Å². The third kappa shape index (κ3) is 4.01. The minimum Gasteiger partial charge on any atom is -0.468 e. The minimum atomic E-state index is -0.780. The first-order chi connectivity index (χ1) is 11.2. The molecule has 24 heavy (non-hydrogen) atoms. The van der Waals surface area contributed by atoms with Crippen molar-refractivity contribution in [2.24, 2.45) is 0 Å². The molecule has 0 spiro atoms. The lowest BCUT2D eigenvalue weighted by atomic mass is 9.73. The van der Waals surface area contributed by atoms with Crippen molar-refractivity contribution in [1.82, 2.24) is 4.90 Å². The molecule has 1 amide bonds. The van der Waals surface area contributed by atoms with Crippen LogP contribution < -0.4 is 0 Å². The van der Waals surface area contributed by atoms with Gasteiger partial charge in [0.2, 0.25) is 0 Å². The molecule has 6 heteroatoms. The Balaban J connectivity index is 2.20. The van der Waals surface area contributed by atoms with Crippen LogP contribution in [-0.4, -0.2) is 42.8 Å². The number of benzene rings is 1. The van der Waals surface area contributed by atoms with Gasteiger partial charge in [0.05, 0.1) is 12.5 Å². The third-order valence-electron chi connectivity index (χ3n) is 4.22. The molecule has 0 unspecified atom stereocenters. The molecule has 1 fully saturated rings. The number of carbonyl (C=O) groups is 2. The second-order valence-corrected chi connectivity index (χ2v) is 7.49. The summed E-state index contributed by atoms with van der Waals surface area (Å²) in [4.78, 5) is 26.4. The Kier molecular flexibility index (Phi) is 5.43. The summed E-state index contributed by atoms with van der Waals surface area (Å²) in [7, 11) is 1.38. The minimum absolute atomic E-state index is 0.298. The molecule has 2 rings (SSSR count). The summed E-state index contributed by atoms with van der Waals surface area (Å²) >= 11 is 6.09. The molecule has 0 atom stereocenters. The molecule has 0 bridgehead atoms. The number of amides is 1. The van der Waals surface area contributed by atoms with E-state index < -0.39 is 11.0 Å². The first kappa shape index (κ1) is 18.6. The molecule has 0 aromatic heterocycles. The van der Waals surface area contributed by atoms with Crippen LogP contribution in [0.15, 0.2) is 24.3 Å². The molecule has 0 saturated carbocycles. The van der Waals surface area contributed by atoms with Gasteiger partial charge in [-0.3, -0.25) is 4.79 Å². The number of esters is 1. The number of hydrogen-bond donors (Lipinski definition) is 0. The van der Waals surface area contributed by atoms with Crippen molar-refractivity contribution in [3.05, 3.63) is 34.9 Å². The lowest BCUT2D eigenvalue weighted by Gasteiger charge is -2.40. The maximum atomic E-state index is 12.5. The summed E-state index contributed by atoms with van der Waals surface area (Å²) in [6, 6.07) is 7.27. The summed E-state index contributed by atoms with van der Waals surface area (Å²) in [5.74, 6) is -0.298. The van der Waals surface area contributed by atoms with E-state index in [1.165, 1.54) is 7.11 Å². The third-order valence-corrected chi connectivity index (χ3v) is 4.46. The van der Waals surface area contributed by atoms with Crippen LogP contribution in [0.4, 0.5) is 4.79 Å². The average molecular weight is 354 g/mol. The molecule has 1 aliphatic heterocycles. The first-order valence-corrected chi connectivity index (χ1v) is 8.38. The van der Waals surface area contributed by atoms with Crippen molar-refractivity contribution in [3.63, 3.8) is 0 Å². The molecule has 0 aliphatic carbocycles. The Morgan fingerprint density at radius 3 is 2.33 bits per heavy atom. The number of ether oxygens (including phenoxy) is 2. The van der Waals surface area contributed by atoms with E-state index in [-0.39, 0.29) is 12.1 Å². The number of hydrogen-bond acceptors (Lipinski definition) is 4. The molecule has 1 aromatic rings. The zero-order chi connectivity index (χ0) is 18.0. The lowest BCUT2D eigenvalue weighted by molar-refractivity contribution is -0.149. The van der Waals surface area contributed by atoms with E-state index in [1.807, 2.05) is 32.9 Å². The van der Waals surface area contributed by atoms with E-state index in [4.69, 9.17) is 21.1 Å². The van der Waals surface area contributed by atoms with Crippen LogP contribution in [-0.2, 0) is 19.7 Å². The molecular formula is C18H24ClNO4. The van der Waals surface area contributed by atoms with Gasteiger partial charge in [0.15, 0.2) is 0 Å². The van der Waals surface area contributed by atoms with Gasteiger partial charge in [-0.15, -0.1) is 0 Å². The summed E-state index contributed by atoms with van der Waals surface area (Å²) < 4.78 is 10.5. The summed E-state index contributed by atoms with van der Waals surface area (Å²) in [6.45, 7) is 6.35. The van der Waals surface area contributed by atoms with Gasteiger partial charge in [-0.1, -0.05) is 23.7 Å². The van der Waals surface area contributed by atoms with Crippen LogP contribution in [0.3, 0.4) is 0 Å². The standard InChI is InChI=1S/C18H24ClNO4/c1-17(2,3)24-16(22)20-10-8-18(9-11-20,15(21)23-4)13-6-5-7-14(19)12-13/h5-7,12H,8-11H2,1-4H3. The van der Waals surface area contributed by atoms with E-state index in [0.29, 0.717) is 31.0 Å². The number of rotatable bonds is 2. The molecule has 0 radical (unpaired) electrons. The maximum absolute atomic E-state index is 12.5. The molecule has 1 aliphatic rings. The summed E-state index contributed by atoms with van der Waals surface area (Å²) in [6.07, 6.45) is 0.588. The molecule has 132 valence electrons. The molecule has 0 N–H and O–H groups in total. The highest BCUT2D eigenvalue weighted by molar-refractivity contribution is 6.30. The zero-order valence-corrected chi connectivity index (χ0v) is 15.4. The van der Waals surface area contributed by atoms with Gasteiger partial charge < -0.3 is 14.4 Å². The Morgan fingerprint density at radius 2 is 1.83 bits per heavy atom. The second kappa shape index (κ2) is 7.01. The normalized spacial score (nSPS) is 17.3. The monoisotopic (exact) mass is 353 g/mol. The number of likely N-dealkylation sites (tertiary alicyclic amines) is 1. The Hall–Kier alpha value is -1.75. The second-order valence-electron chi connectivity index (χ2n) is 7.05. The van der Waals surface area contributed by atoms with Crippen LogP contribution in [0.5, 0.6) is 0 Å². The van der Waals surface area contributed by atoms with Gasteiger partial charge >= 0.3 is 12.1 Å². The first-order valence-electron chi connectivity index (χ1n) is 8.00. The van der Waals surface area contributed by atoms with E-state index in [1.54, 1.807) is 17.0 Å². The molecule has 1 saturated heterocycles. The van der Waals surface area contributed by atoms with Crippen LogP contribution in [0, 0.1) is 0 Å². The van der Waals surface area contributed by atoms with Crippen LogP contribution in [0.25, 0.3) is 0 Å². The molecule has 5 nitrogen and oxygen atoms in total. The van der Waals surface area contributed by atoms with Crippen molar-refractivity contribution < 1.29 is 19.1 Å². The van der Waals surface area contributed by atoms with Crippen LogP contribution in [0.2, 0.25) is 5.02 Å².